The minimum Gasteiger partial charge on any atom is -0.493 e. The number of rotatable bonds is 8. The van der Waals surface area contributed by atoms with Gasteiger partial charge in [0.1, 0.15) is 6.61 Å². The van der Waals surface area contributed by atoms with Crippen molar-refractivity contribution in [2.45, 2.75) is 27.0 Å². The molecule has 156 valence electrons. The number of nitro benzene ring substituents is 1. The van der Waals surface area contributed by atoms with Gasteiger partial charge in [-0.05, 0) is 95.1 Å². The number of halogens is 1. The number of nitrogens with one attached hydrogen (secondary N) is 1. The molecule has 3 aromatic carbocycles. The highest BCUT2D eigenvalue weighted by Gasteiger charge is 2.13. The van der Waals surface area contributed by atoms with Crippen LogP contribution in [0.4, 0.5) is 11.4 Å². The largest absolute Gasteiger partial charge is 0.493 e. The van der Waals surface area contributed by atoms with Crippen LogP contribution in [-0.4, -0.2) is 12.0 Å². The molecule has 0 saturated carbocycles. The lowest BCUT2D eigenvalue weighted by Gasteiger charge is -2.15. The van der Waals surface area contributed by atoms with E-state index in [9.17, 15) is 10.1 Å². The fourth-order valence-corrected chi connectivity index (χ4v) is 3.76. The summed E-state index contributed by atoms with van der Waals surface area (Å²) >= 11 is 2.23. The Labute approximate surface area is 189 Å². The zero-order valence-corrected chi connectivity index (χ0v) is 19.2. The van der Waals surface area contributed by atoms with Crippen molar-refractivity contribution >= 4 is 34.0 Å². The molecule has 0 aliphatic heterocycles. The van der Waals surface area contributed by atoms with Gasteiger partial charge < -0.3 is 14.8 Å². The molecule has 6 nitrogen and oxygen atoms in total. The SMILES string of the molecule is COc1cc(CNc2ccc(C)c(C)c2)cc(I)c1OCc1ccc([N+](=O)[O-])cc1. The Morgan fingerprint density at radius 2 is 1.73 bits per heavy atom. The Kier molecular flexibility index (Phi) is 7.15. The van der Waals surface area contributed by atoms with E-state index in [-0.39, 0.29) is 5.69 Å². The molecule has 0 bridgehead atoms. The third-order valence-electron chi connectivity index (χ3n) is 4.82. The fourth-order valence-electron chi connectivity index (χ4n) is 2.94. The molecular formula is C23H23IN2O4. The summed E-state index contributed by atoms with van der Waals surface area (Å²) < 4.78 is 12.5. The summed E-state index contributed by atoms with van der Waals surface area (Å²) in [6, 6.07) is 16.7. The van der Waals surface area contributed by atoms with Crippen LogP contribution in [0.5, 0.6) is 11.5 Å². The number of aryl methyl sites for hydroxylation is 2. The molecule has 0 aliphatic rings. The standard InChI is InChI=1S/C23H23IN2O4/c1-15-4-7-19(10-16(15)2)25-13-18-11-21(24)23(22(12-18)29-3)30-14-17-5-8-20(9-6-17)26(27)28/h4-12,25H,13-14H2,1-3H3. The monoisotopic (exact) mass is 518 g/mol. The van der Waals surface area contributed by atoms with E-state index in [1.54, 1.807) is 19.2 Å². The van der Waals surface area contributed by atoms with E-state index in [2.05, 4.69) is 66.0 Å². The number of hydrogen-bond donors (Lipinski definition) is 1. The highest BCUT2D eigenvalue weighted by atomic mass is 127. The first kappa shape index (κ1) is 21.9. The molecular weight excluding hydrogens is 495 g/mol. The van der Waals surface area contributed by atoms with Crippen molar-refractivity contribution in [1.29, 1.82) is 0 Å². The van der Waals surface area contributed by atoms with Gasteiger partial charge in [0.15, 0.2) is 11.5 Å². The molecule has 0 aliphatic carbocycles. The molecule has 0 spiro atoms. The third-order valence-corrected chi connectivity index (χ3v) is 5.62. The van der Waals surface area contributed by atoms with Gasteiger partial charge in [-0.25, -0.2) is 0 Å². The fraction of sp³-hybridized carbons (Fsp3) is 0.217. The van der Waals surface area contributed by atoms with Crippen LogP contribution >= 0.6 is 22.6 Å². The average molecular weight is 518 g/mol. The first-order valence-electron chi connectivity index (χ1n) is 9.41. The normalized spacial score (nSPS) is 10.5. The molecule has 0 radical (unpaired) electrons. The van der Waals surface area contributed by atoms with E-state index in [1.165, 1.54) is 23.3 Å². The highest BCUT2D eigenvalue weighted by Crippen LogP contribution is 2.35. The Balaban J connectivity index is 1.70. The number of ether oxygens (including phenoxy) is 2. The molecule has 0 atom stereocenters. The number of benzene rings is 3. The van der Waals surface area contributed by atoms with Crippen LogP contribution < -0.4 is 14.8 Å². The van der Waals surface area contributed by atoms with Crippen molar-refractivity contribution in [2.75, 3.05) is 12.4 Å². The van der Waals surface area contributed by atoms with Gasteiger partial charge in [-0.2, -0.15) is 0 Å². The Morgan fingerprint density at radius 1 is 1.00 bits per heavy atom. The predicted octanol–water partition coefficient (Wildman–Crippen LogP) is 6.02. The molecule has 0 amide bonds. The molecule has 0 heterocycles. The topological polar surface area (TPSA) is 73.6 Å². The lowest BCUT2D eigenvalue weighted by Crippen LogP contribution is -2.04. The summed E-state index contributed by atoms with van der Waals surface area (Å²) in [7, 11) is 1.62. The van der Waals surface area contributed by atoms with E-state index < -0.39 is 4.92 Å². The van der Waals surface area contributed by atoms with Crippen molar-refractivity contribution in [3.8, 4) is 11.5 Å². The molecule has 3 aromatic rings. The smallest absolute Gasteiger partial charge is 0.269 e. The van der Waals surface area contributed by atoms with Crippen LogP contribution in [-0.2, 0) is 13.2 Å². The van der Waals surface area contributed by atoms with E-state index in [4.69, 9.17) is 9.47 Å². The van der Waals surface area contributed by atoms with E-state index >= 15 is 0 Å². The second-order valence-electron chi connectivity index (χ2n) is 6.97. The quantitative estimate of drug-likeness (QED) is 0.225. The van der Waals surface area contributed by atoms with Gasteiger partial charge in [0.25, 0.3) is 5.69 Å². The average Bonchev–Trinajstić information content (AvgIpc) is 2.73. The zero-order valence-electron chi connectivity index (χ0n) is 17.1. The van der Waals surface area contributed by atoms with Crippen molar-refractivity contribution in [1.82, 2.24) is 0 Å². The first-order valence-corrected chi connectivity index (χ1v) is 10.5. The van der Waals surface area contributed by atoms with E-state index in [0.717, 1.165) is 20.4 Å². The molecule has 1 N–H and O–H groups in total. The summed E-state index contributed by atoms with van der Waals surface area (Å²) in [5, 5.41) is 14.2. The van der Waals surface area contributed by atoms with E-state index in [0.29, 0.717) is 24.7 Å². The van der Waals surface area contributed by atoms with Crippen molar-refractivity contribution in [3.63, 3.8) is 0 Å². The molecule has 30 heavy (non-hydrogen) atoms. The first-order chi connectivity index (χ1) is 14.4. The minimum atomic E-state index is -0.415. The Hall–Kier alpha value is -2.81. The van der Waals surface area contributed by atoms with Crippen LogP contribution in [0.1, 0.15) is 22.3 Å². The van der Waals surface area contributed by atoms with Gasteiger partial charge in [0.2, 0.25) is 0 Å². The number of non-ortho nitro benzene ring substituents is 1. The number of hydrogen-bond acceptors (Lipinski definition) is 5. The van der Waals surface area contributed by atoms with Crippen molar-refractivity contribution < 1.29 is 14.4 Å². The van der Waals surface area contributed by atoms with Gasteiger partial charge in [0, 0.05) is 24.4 Å². The number of nitrogens with zero attached hydrogens (tertiary/aromatic N) is 1. The summed E-state index contributed by atoms with van der Waals surface area (Å²) in [6.45, 7) is 5.16. The maximum Gasteiger partial charge on any atom is 0.269 e. The predicted molar refractivity (Wildman–Crippen MR) is 126 cm³/mol. The van der Waals surface area contributed by atoms with E-state index in [1.807, 2.05) is 6.07 Å². The van der Waals surface area contributed by atoms with Crippen molar-refractivity contribution in [2.24, 2.45) is 0 Å². The summed E-state index contributed by atoms with van der Waals surface area (Å²) in [5.74, 6) is 1.31. The Bertz CT molecular complexity index is 1050. The number of methoxy groups -OCH3 is 1. The van der Waals surface area contributed by atoms with Crippen LogP contribution in [0, 0.1) is 27.5 Å². The summed E-state index contributed by atoms with van der Waals surface area (Å²) in [5.41, 5.74) is 5.58. The molecule has 0 aromatic heterocycles. The minimum absolute atomic E-state index is 0.0616. The van der Waals surface area contributed by atoms with Gasteiger partial charge in [0.05, 0.1) is 15.6 Å². The lowest BCUT2D eigenvalue weighted by atomic mass is 10.1. The van der Waals surface area contributed by atoms with Crippen molar-refractivity contribution in [3.05, 3.63) is 90.5 Å². The van der Waals surface area contributed by atoms with Crippen LogP contribution in [0.3, 0.4) is 0 Å². The van der Waals surface area contributed by atoms with Gasteiger partial charge >= 0.3 is 0 Å². The Morgan fingerprint density at radius 3 is 2.37 bits per heavy atom. The second kappa shape index (κ2) is 9.80. The van der Waals surface area contributed by atoms with Crippen LogP contribution in [0.25, 0.3) is 0 Å². The summed E-state index contributed by atoms with van der Waals surface area (Å²) in [6.07, 6.45) is 0. The zero-order chi connectivity index (χ0) is 21.7. The highest BCUT2D eigenvalue weighted by molar-refractivity contribution is 14.1. The maximum absolute atomic E-state index is 10.8. The molecule has 7 heteroatoms. The van der Waals surface area contributed by atoms with Crippen LogP contribution in [0.15, 0.2) is 54.6 Å². The second-order valence-corrected chi connectivity index (χ2v) is 8.14. The number of nitro groups is 1. The van der Waals surface area contributed by atoms with Gasteiger partial charge in [-0.3, -0.25) is 10.1 Å². The molecule has 0 fully saturated rings. The summed E-state index contributed by atoms with van der Waals surface area (Å²) in [4.78, 5) is 10.4. The molecule has 0 unspecified atom stereocenters. The number of anilines is 1. The van der Waals surface area contributed by atoms with Crippen LogP contribution in [0.2, 0.25) is 0 Å². The molecule has 0 saturated heterocycles. The molecule has 3 rings (SSSR count). The van der Waals surface area contributed by atoms with Gasteiger partial charge in [-0.15, -0.1) is 0 Å². The third kappa shape index (κ3) is 5.41. The van der Waals surface area contributed by atoms with Gasteiger partial charge in [-0.1, -0.05) is 6.07 Å². The maximum atomic E-state index is 10.8. The lowest BCUT2D eigenvalue weighted by molar-refractivity contribution is -0.384.